The van der Waals surface area contributed by atoms with Gasteiger partial charge < -0.3 is 0 Å². The van der Waals surface area contributed by atoms with Gasteiger partial charge in [-0.1, -0.05) is 35.3 Å². The Balaban J connectivity index is 2.65. The lowest BCUT2D eigenvalue weighted by atomic mass is 10.3. The quantitative estimate of drug-likeness (QED) is 0.768. The summed E-state index contributed by atoms with van der Waals surface area (Å²) in [6.07, 6.45) is 1.40. The highest BCUT2D eigenvalue weighted by Crippen LogP contribution is 2.17. The number of nitrogens with zero attached hydrogens (tertiary/aromatic N) is 2. The van der Waals surface area contributed by atoms with Gasteiger partial charge in [-0.05, 0) is 12.1 Å². The summed E-state index contributed by atoms with van der Waals surface area (Å²) in [7, 11) is 0. The molecule has 0 radical (unpaired) electrons. The van der Waals surface area contributed by atoms with Gasteiger partial charge in [-0.3, -0.25) is 4.79 Å². The van der Waals surface area contributed by atoms with Crippen LogP contribution in [0, 0.1) is 0 Å². The molecule has 0 saturated carbocycles. The summed E-state index contributed by atoms with van der Waals surface area (Å²) in [5.74, 6) is 0. The van der Waals surface area contributed by atoms with Gasteiger partial charge in [-0.15, -0.1) is 0 Å². The molecule has 2 aromatic rings. The van der Waals surface area contributed by atoms with Gasteiger partial charge in [0.2, 0.25) is 0 Å². The average molecular weight is 241 g/mol. The maximum atomic E-state index is 11.6. The fourth-order valence-electron chi connectivity index (χ4n) is 1.19. The van der Waals surface area contributed by atoms with Crippen LogP contribution in [-0.2, 0) is 0 Å². The number of hydrogen-bond donors (Lipinski definition) is 0. The molecule has 0 N–H and O–H groups in total. The highest BCUT2D eigenvalue weighted by molar-refractivity contribution is 6.32. The van der Waals surface area contributed by atoms with Gasteiger partial charge in [-0.25, -0.2) is 0 Å². The zero-order chi connectivity index (χ0) is 10.8. The fraction of sp³-hybridized carbons (Fsp3) is 0. The largest absolute Gasteiger partial charge is 0.273 e. The van der Waals surface area contributed by atoms with E-state index < -0.39 is 0 Å². The molecular formula is C10H6Cl2N2O. The van der Waals surface area contributed by atoms with Gasteiger partial charge in [0.25, 0.3) is 5.56 Å². The van der Waals surface area contributed by atoms with Gasteiger partial charge >= 0.3 is 0 Å². The monoisotopic (exact) mass is 240 g/mol. The van der Waals surface area contributed by atoms with E-state index in [1.807, 2.05) is 0 Å². The Labute approximate surface area is 95.9 Å². The van der Waals surface area contributed by atoms with E-state index >= 15 is 0 Å². The van der Waals surface area contributed by atoms with Gasteiger partial charge in [0, 0.05) is 6.07 Å². The molecule has 0 aliphatic rings. The van der Waals surface area contributed by atoms with Crippen molar-refractivity contribution < 1.29 is 0 Å². The van der Waals surface area contributed by atoms with Crippen LogP contribution in [-0.4, -0.2) is 9.78 Å². The standard InChI is InChI=1S/C10H6Cl2N2O/c11-7-5-10(15)14(13-6-7)9-4-2-1-3-8(9)12/h1-6H. The molecule has 3 nitrogen and oxygen atoms in total. The van der Waals surface area contributed by atoms with E-state index in [9.17, 15) is 4.79 Å². The Morgan fingerprint density at radius 2 is 1.93 bits per heavy atom. The van der Waals surface area contributed by atoms with Crippen molar-refractivity contribution in [2.75, 3.05) is 0 Å². The first-order chi connectivity index (χ1) is 7.18. The summed E-state index contributed by atoms with van der Waals surface area (Å²) in [5.41, 5.74) is 0.233. The Morgan fingerprint density at radius 3 is 2.60 bits per heavy atom. The Morgan fingerprint density at radius 1 is 1.20 bits per heavy atom. The molecule has 0 amide bonds. The average Bonchev–Trinajstić information content (AvgIpc) is 2.20. The molecule has 1 aromatic carbocycles. The third kappa shape index (κ3) is 2.03. The summed E-state index contributed by atoms with van der Waals surface area (Å²) in [6, 6.07) is 8.26. The van der Waals surface area contributed by atoms with Gasteiger partial charge in [-0.2, -0.15) is 9.78 Å². The molecule has 0 atom stereocenters. The second kappa shape index (κ2) is 4.04. The van der Waals surface area contributed by atoms with Crippen LogP contribution < -0.4 is 5.56 Å². The van der Waals surface area contributed by atoms with E-state index in [4.69, 9.17) is 23.2 Å². The lowest BCUT2D eigenvalue weighted by molar-refractivity contribution is 0.807. The molecule has 0 aliphatic heterocycles. The third-order valence-electron chi connectivity index (χ3n) is 1.85. The van der Waals surface area contributed by atoms with E-state index in [1.54, 1.807) is 24.3 Å². The number of halogens is 2. The third-order valence-corrected chi connectivity index (χ3v) is 2.37. The van der Waals surface area contributed by atoms with E-state index in [0.29, 0.717) is 15.7 Å². The number of aromatic nitrogens is 2. The van der Waals surface area contributed by atoms with Crippen molar-refractivity contribution in [3.63, 3.8) is 0 Å². The number of benzene rings is 1. The Kier molecular flexibility index (Phi) is 2.75. The summed E-state index contributed by atoms with van der Waals surface area (Å²) in [5, 5.41) is 4.67. The van der Waals surface area contributed by atoms with Crippen LogP contribution in [0.5, 0.6) is 0 Å². The topological polar surface area (TPSA) is 34.9 Å². The molecule has 1 heterocycles. The van der Waals surface area contributed by atoms with Gasteiger partial charge in [0.05, 0.1) is 21.9 Å². The molecular weight excluding hydrogens is 235 g/mol. The molecule has 0 fully saturated rings. The van der Waals surface area contributed by atoms with Gasteiger partial charge in [0.1, 0.15) is 0 Å². The van der Waals surface area contributed by atoms with Crippen LogP contribution in [0.15, 0.2) is 41.3 Å². The normalized spacial score (nSPS) is 10.3. The SMILES string of the molecule is O=c1cc(Cl)cnn1-c1ccccc1Cl. The summed E-state index contributed by atoms with van der Waals surface area (Å²) >= 11 is 11.6. The zero-order valence-corrected chi connectivity index (χ0v) is 9.03. The van der Waals surface area contributed by atoms with Crippen molar-refractivity contribution >= 4 is 23.2 Å². The van der Waals surface area contributed by atoms with Crippen LogP contribution in [0.2, 0.25) is 10.0 Å². The minimum Gasteiger partial charge on any atom is -0.267 e. The van der Waals surface area contributed by atoms with E-state index in [-0.39, 0.29) is 5.56 Å². The first-order valence-electron chi connectivity index (χ1n) is 4.18. The van der Waals surface area contributed by atoms with Crippen LogP contribution >= 0.6 is 23.2 Å². The lowest BCUT2D eigenvalue weighted by Crippen LogP contribution is -2.19. The lowest BCUT2D eigenvalue weighted by Gasteiger charge is -2.05. The first-order valence-corrected chi connectivity index (χ1v) is 4.94. The van der Waals surface area contributed by atoms with Crippen molar-refractivity contribution in [3.8, 4) is 5.69 Å². The minimum atomic E-state index is -0.310. The Bertz CT molecular complexity index is 551. The highest BCUT2D eigenvalue weighted by atomic mass is 35.5. The summed E-state index contributed by atoms with van der Waals surface area (Å²) in [4.78, 5) is 11.6. The molecule has 2 rings (SSSR count). The van der Waals surface area contributed by atoms with Crippen LogP contribution in [0.25, 0.3) is 5.69 Å². The smallest absolute Gasteiger partial charge is 0.267 e. The van der Waals surface area contributed by atoms with E-state index in [0.717, 1.165) is 0 Å². The molecule has 1 aromatic heterocycles. The Hall–Kier alpha value is -1.32. The zero-order valence-electron chi connectivity index (χ0n) is 7.52. The fourth-order valence-corrected chi connectivity index (χ4v) is 1.54. The van der Waals surface area contributed by atoms with Crippen molar-refractivity contribution in [2.45, 2.75) is 0 Å². The molecule has 0 aliphatic carbocycles. The van der Waals surface area contributed by atoms with Crippen molar-refractivity contribution in [2.24, 2.45) is 0 Å². The van der Waals surface area contributed by atoms with Crippen LogP contribution in [0.4, 0.5) is 0 Å². The van der Waals surface area contributed by atoms with Crippen LogP contribution in [0.3, 0.4) is 0 Å². The first kappa shape index (κ1) is 10.2. The second-order valence-corrected chi connectivity index (χ2v) is 3.72. The van der Waals surface area contributed by atoms with Crippen LogP contribution in [0.1, 0.15) is 0 Å². The minimum absolute atomic E-state index is 0.309. The highest BCUT2D eigenvalue weighted by Gasteiger charge is 2.04. The van der Waals surface area contributed by atoms with Crippen molar-refractivity contribution in [3.05, 3.63) is 56.9 Å². The summed E-state index contributed by atoms with van der Waals surface area (Å²) < 4.78 is 1.20. The number of rotatable bonds is 1. The second-order valence-electron chi connectivity index (χ2n) is 2.88. The maximum absolute atomic E-state index is 11.6. The summed E-state index contributed by atoms with van der Waals surface area (Å²) in [6.45, 7) is 0. The maximum Gasteiger partial charge on any atom is 0.273 e. The molecule has 0 bridgehead atoms. The molecule has 0 saturated heterocycles. The van der Waals surface area contributed by atoms with Crippen molar-refractivity contribution in [1.82, 2.24) is 9.78 Å². The predicted octanol–water partition coefficient (Wildman–Crippen LogP) is 2.54. The van der Waals surface area contributed by atoms with E-state index in [1.165, 1.54) is 16.9 Å². The van der Waals surface area contributed by atoms with E-state index in [2.05, 4.69) is 5.10 Å². The number of para-hydroxylation sites is 1. The number of hydrogen-bond acceptors (Lipinski definition) is 2. The predicted molar refractivity (Wildman–Crippen MR) is 59.9 cm³/mol. The van der Waals surface area contributed by atoms with Crippen molar-refractivity contribution in [1.29, 1.82) is 0 Å². The molecule has 76 valence electrons. The molecule has 0 spiro atoms. The molecule has 15 heavy (non-hydrogen) atoms. The molecule has 5 heteroatoms. The molecule has 0 unspecified atom stereocenters. The van der Waals surface area contributed by atoms with Gasteiger partial charge in [0.15, 0.2) is 0 Å².